The summed E-state index contributed by atoms with van der Waals surface area (Å²) in [5.74, 6) is -1.02. The van der Waals surface area contributed by atoms with Crippen LogP contribution in [0, 0.1) is 5.82 Å². The van der Waals surface area contributed by atoms with Crippen molar-refractivity contribution >= 4 is 27.3 Å². The number of ether oxygens (including phenoxy) is 1. The summed E-state index contributed by atoms with van der Waals surface area (Å²) in [5, 5.41) is 0.0452. The molecule has 0 aliphatic heterocycles. The second-order valence-electron chi connectivity index (χ2n) is 4.73. The number of nitrogens with two attached hydrogens (primary N) is 1. The SMILES string of the molecule is COCC(C)(C)NS(=O)(=O)c1cc(Cl)cc(N)c1F. The number of rotatable bonds is 5. The standard InChI is InChI=1S/C11H16ClFN2O3S/c1-11(2,6-18-3)15-19(16,17)9-5-7(12)4-8(14)10(9)13/h4-5,15H,6,14H2,1-3H3. The van der Waals surface area contributed by atoms with Crippen molar-refractivity contribution in [2.24, 2.45) is 0 Å². The molecule has 1 aromatic carbocycles. The summed E-state index contributed by atoms with van der Waals surface area (Å²) in [6.07, 6.45) is 0. The Morgan fingerprint density at radius 1 is 1.47 bits per heavy atom. The number of halogens is 2. The number of benzene rings is 1. The van der Waals surface area contributed by atoms with Gasteiger partial charge >= 0.3 is 0 Å². The van der Waals surface area contributed by atoms with Gasteiger partial charge in [0.15, 0.2) is 5.82 Å². The Kier molecular flexibility index (Phi) is 4.78. The minimum absolute atomic E-state index is 0.0452. The van der Waals surface area contributed by atoms with Crippen LogP contribution in [0.15, 0.2) is 17.0 Å². The van der Waals surface area contributed by atoms with Crippen LogP contribution in [0.5, 0.6) is 0 Å². The number of sulfonamides is 1. The van der Waals surface area contributed by atoms with Gasteiger partial charge in [-0.15, -0.1) is 0 Å². The molecule has 0 radical (unpaired) electrons. The van der Waals surface area contributed by atoms with Crippen LogP contribution in [-0.2, 0) is 14.8 Å². The summed E-state index contributed by atoms with van der Waals surface area (Å²) in [5.41, 5.74) is 4.15. The summed E-state index contributed by atoms with van der Waals surface area (Å²) >= 11 is 5.70. The van der Waals surface area contributed by atoms with E-state index in [2.05, 4.69) is 4.72 Å². The van der Waals surface area contributed by atoms with E-state index in [1.807, 2.05) is 0 Å². The smallest absolute Gasteiger partial charge is 0.244 e. The highest BCUT2D eigenvalue weighted by molar-refractivity contribution is 7.89. The molecular weight excluding hydrogens is 295 g/mol. The van der Waals surface area contributed by atoms with E-state index in [1.54, 1.807) is 13.8 Å². The molecule has 0 aliphatic carbocycles. The normalized spacial score (nSPS) is 12.7. The van der Waals surface area contributed by atoms with Crippen LogP contribution in [0.1, 0.15) is 13.8 Å². The van der Waals surface area contributed by atoms with Crippen molar-refractivity contribution < 1.29 is 17.5 Å². The molecule has 19 heavy (non-hydrogen) atoms. The predicted octanol–water partition coefficient (Wildman–Crippen LogP) is 1.76. The van der Waals surface area contributed by atoms with E-state index in [-0.39, 0.29) is 17.3 Å². The van der Waals surface area contributed by atoms with Gasteiger partial charge < -0.3 is 10.5 Å². The first kappa shape index (κ1) is 16.2. The summed E-state index contributed by atoms with van der Waals surface area (Å²) in [4.78, 5) is -0.582. The fourth-order valence-electron chi connectivity index (χ4n) is 1.59. The maximum Gasteiger partial charge on any atom is 0.244 e. The third-order valence-corrected chi connectivity index (χ3v) is 4.15. The molecule has 0 aliphatic rings. The van der Waals surface area contributed by atoms with E-state index in [9.17, 15) is 12.8 Å². The highest BCUT2D eigenvalue weighted by atomic mass is 35.5. The van der Waals surface area contributed by atoms with Crippen LogP contribution in [0.4, 0.5) is 10.1 Å². The van der Waals surface area contributed by atoms with Gasteiger partial charge in [0.05, 0.1) is 17.8 Å². The molecule has 0 fully saturated rings. The van der Waals surface area contributed by atoms with Gasteiger partial charge in [-0.3, -0.25) is 0 Å². The van der Waals surface area contributed by atoms with Crippen molar-refractivity contribution in [3.05, 3.63) is 23.0 Å². The molecule has 0 saturated heterocycles. The van der Waals surface area contributed by atoms with E-state index in [0.29, 0.717) is 0 Å². The molecule has 8 heteroatoms. The Morgan fingerprint density at radius 3 is 2.58 bits per heavy atom. The van der Waals surface area contributed by atoms with Crippen molar-refractivity contribution in [2.45, 2.75) is 24.3 Å². The minimum Gasteiger partial charge on any atom is -0.396 e. The van der Waals surface area contributed by atoms with Crippen LogP contribution in [-0.4, -0.2) is 27.7 Å². The third-order valence-electron chi connectivity index (χ3n) is 2.24. The molecule has 0 bridgehead atoms. The molecule has 0 atom stereocenters. The molecule has 0 heterocycles. The van der Waals surface area contributed by atoms with Crippen LogP contribution >= 0.6 is 11.6 Å². The molecule has 0 saturated carbocycles. The van der Waals surface area contributed by atoms with Gasteiger partial charge in [0.25, 0.3) is 0 Å². The van der Waals surface area contributed by atoms with E-state index >= 15 is 0 Å². The molecule has 1 rings (SSSR count). The zero-order chi connectivity index (χ0) is 14.8. The monoisotopic (exact) mass is 310 g/mol. The lowest BCUT2D eigenvalue weighted by Crippen LogP contribution is -2.46. The first-order valence-electron chi connectivity index (χ1n) is 5.36. The summed E-state index contributed by atoms with van der Waals surface area (Å²) in [6, 6.07) is 2.16. The molecule has 0 spiro atoms. The van der Waals surface area contributed by atoms with Gasteiger partial charge in [0.1, 0.15) is 4.90 Å². The number of methoxy groups -OCH3 is 1. The van der Waals surface area contributed by atoms with E-state index in [0.717, 1.165) is 12.1 Å². The molecule has 0 amide bonds. The Labute approximate surface area is 116 Å². The van der Waals surface area contributed by atoms with E-state index < -0.39 is 26.3 Å². The predicted molar refractivity (Wildman–Crippen MR) is 72.1 cm³/mol. The van der Waals surface area contributed by atoms with Crippen molar-refractivity contribution in [3.63, 3.8) is 0 Å². The van der Waals surface area contributed by atoms with Crippen LogP contribution in [0.2, 0.25) is 5.02 Å². The second kappa shape index (κ2) is 5.62. The molecule has 3 N–H and O–H groups in total. The molecule has 108 valence electrons. The number of anilines is 1. The van der Waals surface area contributed by atoms with Gasteiger partial charge in [-0.05, 0) is 26.0 Å². The molecular formula is C11H16ClFN2O3S. The van der Waals surface area contributed by atoms with Crippen LogP contribution in [0.3, 0.4) is 0 Å². The molecule has 1 aromatic rings. The minimum atomic E-state index is -4.09. The van der Waals surface area contributed by atoms with Gasteiger partial charge in [0.2, 0.25) is 10.0 Å². The van der Waals surface area contributed by atoms with Crippen LogP contribution < -0.4 is 10.5 Å². The zero-order valence-corrected chi connectivity index (χ0v) is 12.4. The molecule has 5 nitrogen and oxygen atoms in total. The van der Waals surface area contributed by atoms with Gasteiger partial charge in [-0.1, -0.05) is 11.6 Å². The largest absolute Gasteiger partial charge is 0.396 e. The fraction of sp³-hybridized carbons (Fsp3) is 0.455. The Morgan fingerprint density at radius 2 is 2.05 bits per heavy atom. The molecule has 0 aromatic heterocycles. The number of nitrogen functional groups attached to an aromatic ring is 1. The Bertz CT molecular complexity index is 576. The highest BCUT2D eigenvalue weighted by Crippen LogP contribution is 2.26. The zero-order valence-electron chi connectivity index (χ0n) is 10.8. The van der Waals surface area contributed by atoms with Gasteiger partial charge in [-0.25, -0.2) is 17.5 Å². The van der Waals surface area contributed by atoms with Crippen molar-refractivity contribution in [1.29, 1.82) is 0 Å². The lowest BCUT2D eigenvalue weighted by molar-refractivity contribution is 0.141. The average Bonchev–Trinajstić information content (AvgIpc) is 2.21. The Balaban J connectivity index is 3.22. The lowest BCUT2D eigenvalue weighted by Gasteiger charge is -2.25. The number of hydrogen-bond acceptors (Lipinski definition) is 4. The maximum absolute atomic E-state index is 13.8. The first-order chi connectivity index (χ1) is 8.59. The topological polar surface area (TPSA) is 81.4 Å². The van der Waals surface area contributed by atoms with Gasteiger partial charge in [-0.2, -0.15) is 0 Å². The maximum atomic E-state index is 13.8. The number of hydrogen-bond donors (Lipinski definition) is 2. The third kappa shape index (κ3) is 4.04. The summed E-state index contributed by atoms with van der Waals surface area (Å²) in [7, 11) is -2.65. The van der Waals surface area contributed by atoms with Crippen molar-refractivity contribution in [3.8, 4) is 0 Å². The number of nitrogens with one attached hydrogen (secondary N) is 1. The van der Waals surface area contributed by atoms with E-state index in [4.69, 9.17) is 22.1 Å². The average molecular weight is 311 g/mol. The lowest BCUT2D eigenvalue weighted by atomic mass is 10.1. The fourth-order valence-corrected chi connectivity index (χ4v) is 3.41. The van der Waals surface area contributed by atoms with Gasteiger partial charge in [0, 0.05) is 12.1 Å². The summed E-state index contributed by atoms with van der Waals surface area (Å²) < 4.78 is 45.3. The second-order valence-corrected chi connectivity index (χ2v) is 6.82. The summed E-state index contributed by atoms with van der Waals surface area (Å²) in [6.45, 7) is 3.35. The quantitative estimate of drug-likeness (QED) is 0.812. The first-order valence-corrected chi connectivity index (χ1v) is 7.22. The van der Waals surface area contributed by atoms with Crippen molar-refractivity contribution in [1.82, 2.24) is 4.72 Å². The highest BCUT2D eigenvalue weighted by Gasteiger charge is 2.29. The van der Waals surface area contributed by atoms with Crippen molar-refractivity contribution in [2.75, 3.05) is 19.5 Å². The molecule has 0 unspecified atom stereocenters. The Hall–Kier alpha value is -0.890. The van der Waals surface area contributed by atoms with Crippen LogP contribution in [0.25, 0.3) is 0 Å². The van der Waals surface area contributed by atoms with E-state index in [1.165, 1.54) is 7.11 Å².